The van der Waals surface area contributed by atoms with Crippen molar-refractivity contribution in [1.82, 2.24) is 24.5 Å². The first-order valence-electron chi connectivity index (χ1n) is 11.4. The summed E-state index contributed by atoms with van der Waals surface area (Å²) in [4.78, 5) is 21.0. The molecule has 2 heterocycles. The second-order valence-corrected chi connectivity index (χ2v) is 11.6. The molecule has 0 spiro atoms. The molecule has 40 heavy (non-hydrogen) atoms. The fraction of sp³-hybridized carbons (Fsp3) is 0.364. The fourth-order valence-electron chi connectivity index (χ4n) is 3.97. The summed E-state index contributed by atoms with van der Waals surface area (Å²) in [5.74, 6) is -0.612. The maximum atomic E-state index is 13.2. The lowest BCUT2D eigenvalue weighted by molar-refractivity contribution is -0.0328. The predicted octanol–water partition coefficient (Wildman–Crippen LogP) is 1.97. The van der Waals surface area contributed by atoms with E-state index in [1.54, 1.807) is 6.07 Å². The first-order chi connectivity index (χ1) is 18.8. The van der Waals surface area contributed by atoms with E-state index in [2.05, 4.69) is 20.4 Å². The zero-order valence-electron chi connectivity index (χ0n) is 20.4. The van der Waals surface area contributed by atoms with Crippen molar-refractivity contribution in [2.24, 2.45) is 0 Å². The molecule has 1 fully saturated rings. The lowest BCUT2D eigenvalue weighted by Crippen LogP contribution is -2.38. The van der Waals surface area contributed by atoms with Gasteiger partial charge in [0, 0.05) is 30.8 Å². The quantitative estimate of drug-likeness (QED) is 0.193. The minimum Gasteiger partial charge on any atom is -0.388 e. The van der Waals surface area contributed by atoms with Gasteiger partial charge in [0.05, 0.1) is 23.2 Å². The normalized spacial score (nSPS) is 21.5. The van der Waals surface area contributed by atoms with Crippen molar-refractivity contribution in [3.05, 3.63) is 64.8 Å². The number of aliphatic hydroxyl groups excluding tert-OH is 2. The number of aliphatic hydroxyl groups is 2. The topological polar surface area (TPSA) is 169 Å². The number of carbonyl (C=O) groups excluding carboxylic acids is 1. The van der Waals surface area contributed by atoms with Crippen molar-refractivity contribution >= 4 is 45.3 Å². The Labute approximate surface area is 235 Å². The van der Waals surface area contributed by atoms with Crippen LogP contribution in [0.1, 0.15) is 28.0 Å². The molecule has 0 radical (unpaired) electrons. The van der Waals surface area contributed by atoms with Crippen molar-refractivity contribution in [3.8, 4) is 0 Å². The zero-order valence-corrected chi connectivity index (χ0v) is 22.8. The van der Waals surface area contributed by atoms with E-state index in [1.165, 1.54) is 35.3 Å². The number of thioether (sulfide) groups is 1. The van der Waals surface area contributed by atoms with Crippen LogP contribution in [0.3, 0.4) is 0 Å². The molecule has 4 rings (SSSR count). The van der Waals surface area contributed by atoms with Crippen molar-refractivity contribution < 1.29 is 40.8 Å². The Hall–Kier alpha value is -2.80. The van der Waals surface area contributed by atoms with E-state index in [0.717, 1.165) is 13.4 Å². The number of hydrogen-bond acceptors (Lipinski definition) is 11. The monoisotopic (exact) mass is 622 g/mol. The van der Waals surface area contributed by atoms with Gasteiger partial charge >= 0.3 is 15.8 Å². The first kappa shape index (κ1) is 30.2. The zero-order chi connectivity index (χ0) is 29.2. The summed E-state index contributed by atoms with van der Waals surface area (Å²) in [6.07, 6.45) is -0.555. The molecule has 0 saturated heterocycles. The van der Waals surface area contributed by atoms with Gasteiger partial charge in [-0.3, -0.25) is 13.7 Å². The van der Waals surface area contributed by atoms with Gasteiger partial charge in [0.2, 0.25) is 5.78 Å². The average molecular weight is 623 g/mol. The van der Waals surface area contributed by atoms with Gasteiger partial charge in [-0.15, -0.1) is 0 Å². The third-order valence-corrected chi connectivity index (χ3v) is 8.08. The van der Waals surface area contributed by atoms with E-state index >= 15 is 0 Å². The molecule has 1 aliphatic carbocycles. The van der Waals surface area contributed by atoms with E-state index in [-0.39, 0.29) is 51.7 Å². The number of rotatable bonds is 10. The molecule has 1 aromatic carbocycles. The van der Waals surface area contributed by atoms with Crippen LogP contribution in [-0.2, 0) is 21.0 Å². The van der Waals surface area contributed by atoms with Crippen molar-refractivity contribution in [2.75, 3.05) is 12.4 Å². The third kappa shape index (κ3) is 7.28. The van der Waals surface area contributed by atoms with Gasteiger partial charge in [0.15, 0.2) is 0 Å². The molecule has 1 aliphatic rings. The highest BCUT2D eigenvalue weighted by Crippen LogP contribution is 2.40. The van der Waals surface area contributed by atoms with Crippen molar-refractivity contribution in [1.29, 1.82) is 0 Å². The molecule has 0 bridgehead atoms. The highest BCUT2D eigenvalue weighted by atomic mass is 35.5. The summed E-state index contributed by atoms with van der Waals surface area (Å²) in [6.45, 7) is 0.0509. The highest BCUT2D eigenvalue weighted by Gasteiger charge is 2.44. The Bertz CT molecular complexity index is 1490. The van der Waals surface area contributed by atoms with Gasteiger partial charge in [-0.25, -0.2) is 9.97 Å². The Kier molecular flexibility index (Phi) is 9.03. The number of anilines is 1. The van der Waals surface area contributed by atoms with Gasteiger partial charge in [-0.2, -0.15) is 31.4 Å². The molecular formula is C22H22ClF3N6O6S2. The van der Waals surface area contributed by atoms with Crippen LogP contribution in [0.5, 0.6) is 0 Å². The molecule has 4 atom stereocenters. The van der Waals surface area contributed by atoms with Gasteiger partial charge in [0.25, 0.3) is 0 Å². The Morgan fingerprint density at radius 3 is 2.73 bits per heavy atom. The van der Waals surface area contributed by atoms with E-state index in [1.807, 2.05) is 4.72 Å². The molecule has 2 aromatic heterocycles. The van der Waals surface area contributed by atoms with Crippen LogP contribution in [0.4, 0.5) is 19.0 Å². The number of nitrogens with one attached hydrogen (secondary N) is 2. The standard InChI is InChI=1S/C22H22ClF3N6O6S2/c1-27-40(36,37)38-16-7-15(19(34)20(16)35)30-21-12(8-28-10-29-21)18(33)14-4-5-32(31-14)9-11-2-3-13(23)17(6-11)39-22(24,25)26/h2-6,8,10,15-16,19-20,27,34-35H,7,9H2,1H3,(H,28,29,30)/t15-,16-,19+,20+/m1/s1. The smallest absolute Gasteiger partial charge is 0.388 e. The van der Waals surface area contributed by atoms with Crippen LogP contribution in [0.2, 0.25) is 5.02 Å². The Balaban J connectivity index is 1.49. The predicted molar refractivity (Wildman–Crippen MR) is 137 cm³/mol. The molecule has 18 heteroatoms. The van der Waals surface area contributed by atoms with Crippen LogP contribution >= 0.6 is 23.4 Å². The summed E-state index contributed by atoms with van der Waals surface area (Å²) < 4.78 is 70.0. The number of halogens is 4. The molecule has 0 amide bonds. The molecule has 1 saturated carbocycles. The lowest BCUT2D eigenvalue weighted by Gasteiger charge is -2.19. The Morgan fingerprint density at radius 1 is 1.27 bits per heavy atom. The van der Waals surface area contributed by atoms with Crippen LogP contribution in [0.15, 0.2) is 47.9 Å². The van der Waals surface area contributed by atoms with Gasteiger partial charge in [0.1, 0.15) is 36.2 Å². The number of alkyl halides is 3. The molecular weight excluding hydrogens is 601 g/mol. The summed E-state index contributed by atoms with van der Waals surface area (Å²) >= 11 is 5.55. The third-order valence-electron chi connectivity index (χ3n) is 5.85. The largest absolute Gasteiger partial charge is 0.446 e. The maximum absolute atomic E-state index is 13.2. The minimum atomic E-state index is -4.51. The summed E-state index contributed by atoms with van der Waals surface area (Å²) in [6, 6.07) is 4.65. The second kappa shape index (κ2) is 12.0. The number of carbonyl (C=O) groups is 1. The van der Waals surface area contributed by atoms with Crippen molar-refractivity contribution in [2.45, 2.75) is 47.7 Å². The molecule has 0 unspecified atom stereocenters. The first-order valence-corrected chi connectivity index (χ1v) is 14.0. The molecule has 0 aliphatic heterocycles. The van der Waals surface area contributed by atoms with E-state index in [4.69, 9.17) is 15.8 Å². The van der Waals surface area contributed by atoms with E-state index < -0.39 is 45.9 Å². The number of ketones is 1. The van der Waals surface area contributed by atoms with Crippen LogP contribution < -0.4 is 10.0 Å². The lowest BCUT2D eigenvalue weighted by atomic mass is 10.1. The van der Waals surface area contributed by atoms with Crippen LogP contribution in [-0.4, -0.2) is 81.1 Å². The fourth-order valence-corrected chi connectivity index (χ4v) is 5.44. The maximum Gasteiger partial charge on any atom is 0.446 e. The van der Waals surface area contributed by atoms with Crippen LogP contribution in [0.25, 0.3) is 0 Å². The van der Waals surface area contributed by atoms with E-state index in [9.17, 15) is 36.6 Å². The van der Waals surface area contributed by atoms with Crippen LogP contribution in [0, 0.1) is 0 Å². The van der Waals surface area contributed by atoms with Gasteiger partial charge < -0.3 is 15.5 Å². The van der Waals surface area contributed by atoms with Gasteiger partial charge in [-0.1, -0.05) is 17.7 Å². The van der Waals surface area contributed by atoms with Gasteiger partial charge in [-0.05, 0) is 35.5 Å². The SMILES string of the molecule is CNS(=O)(=O)O[C@@H]1C[C@@H](Nc2ncncc2C(=O)c2ccn(Cc3ccc(Cl)c(SC(F)(F)F)c3)n2)[C@H](O)[C@H]1O. The summed E-state index contributed by atoms with van der Waals surface area (Å²) in [7, 11) is -3.02. The molecule has 4 N–H and O–H groups in total. The summed E-state index contributed by atoms with van der Waals surface area (Å²) in [5.41, 5.74) is -4.10. The van der Waals surface area contributed by atoms with E-state index in [0.29, 0.717) is 5.56 Å². The molecule has 12 nitrogen and oxygen atoms in total. The Morgan fingerprint density at radius 2 is 2.02 bits per heavy atom. The van der Waals surface area contributed by atoms with Crippen molar-refractivity contribution in [3.63, 3.8) is 0 Å². The highest BCUT2D eigenvalue weighted by molar-refractivity contribution is 8.00. The number of benzene rings is 1. The second-order valence-electron chi connectivity index (χ2n) is 8.59. The molecule has 3 aromatic rings. The summed E-state index contributed by atoms with van der Waals surface area (Å²) in [5, 5.41) is 27.7. The number of nitrogens with zero attached hydrogens (tertiary/aromatic N) is 4. The molecule has 216 valence electrons. The number of aromatic nitrogens is 4. The average Bonchev–Trinajstić information content (AvgIpc) is 3.45. The number of hydrogen-bond donors (Lipinski definition) is 4. The minimum absolute atomic E-state index is 0.00515.